The van der Waals surface area contributed by atoms with E-state index in [1.54, 1.807) is 6.20 Å². The van der Waals surface area contributed by atoms with Crippen molar-refractivity contribution in [3.63, 3.8) is 0 Å². The number of nitrogens with one attached hydrogen (secondary N) is 1. The minimum absolute atomic E-state index is 0.266. The fraction of sp³-hybridized carbons (Fsp3) is 0.667. The van der Waals surface area contributed by atoms with Gasteiger partial charge >= 0.3 is 0 Å². The van der Waals surface area contributed by atoms with Crippen LogP contribution in [0.5, 0.6) is 5.75 Å². The zero-order valence-corrected chi connectivity index (χ0v) is 7.53. The van der Waals surface area contributed by atoms with Gasteiger partial charge in [0.2, 0.25) is 0 Å². The average Bonchev–Trinajstić information content (AvgIpc) is 2.49. The second kappa shape index (κ2) is 4.28. The minimum Gasteiger partial charge on any atom is -0.484 e. The number of hydrogen-bond acceptors (Lipinski definition) is 4. The summed E-state index contributed by atoms with van der Waals surface area (Å²) in [6, 6.07) is 0. The standard InChI is InChI=1S/C9H14N2O2/c1-2-4-10-5-8(3-1)13-9-6-11-12-7-9/h6-8,10H,1-5H2. The second-order valence-corrected chi connectivity index (χ2v) is 3.30. The molecule has 1 aliphatic rings. The minimum atomic E-state index is 0.266. The van der Waals surface area contributed by atoms with Gasteiger partial charge in [0.15, 0.2) is 12.0 Å². The lowest BCUT2D eigenvalue weighted by molar-refractivity contribution is 0.193. The van der Waals surface area contributed by atoms with Crippen LogP contribution in [0.1, 0.15) is 19.3 Å². The van der Waals surface area contributed by atoms with E-state index in [0.717, 1.165) is 25.3 Å². The summed E-state index contributed by atoms with van der Waals surface area (Å²) in [6.07, 6.45) is 6.97. The van der Waals surface area contributed by atoms with Gasteiger partial charge in [-0.15, -0.1) is 0 Å². The Balaban J connectivity index is 1.86. The fourth-order valence-electron chi connectivity index (χ4n) is 1.53. The highest BCUT2D eigenvalue weighted by Gasteiger charge is 2.13. The Hall–Kier alpha value is -1.03. The Morgan fingerprint density at radius 2 is 2.54 bits per heavy atom. The Labute approximate surface area is 77.2 Å². The van der Waals surface area contributed by atoms with Crippen molar-refractivity contribution in [3.05, 3.63) is 12.5 Å². The van der Waals surface area contributed by atoms with Crippen LogP contribution in [-0.2, 0) is 0 Å². The largest absolute Gasteiger partial charge is 0.484 e. The van der Waals surface area contributed by atoms with Gasteiger partial charge in [-0.2, -0.15) is 0 Å². The van der Waals surface area contributed by atoms with Crippen molar-refractivity contribution < 1.29 is 9.26 Å². The lowest BCUT2D eigenvalue weighted by Gasteiger charge is -2.14. The highest BCUT2D eigenvalue weighted by atomic mass is 16.5. The van der Waals surface area contributed by atoms with Gasteiger partial charge in [-0.1, -0.05) is 5.16 Å². The van der Waals surface area contributed by atoms with Crippen LogP contribution in [0.4, 0.5) is 0 Å². The third-order valence-electron chi connectivity index (χ3n) is 2.21. The van der Waals surface area contributed by atoms with Crippen molar-refractivity contribution in [2.24, 2.45) is 0 Å². The molecule has 0 aromatic carbocycles. The zero-order chi connectivity index (χ0) is 8.93. The van der Waals surface area contributed by atoms with Gasteiger partial charge in [0.25, 0.3) is 0 Å². The van der Waals surface area contributed by atoms with Crippen molar-refractivity contribution in [2.45, 2.75) is 25.4 Å². The molecular formula is C9H14N2O2. The molecule has 1 fully saturated rings. The van der Waals surface area contributed by atoms with Crippen LogP contribution < -0.4 is 10.1 Å². The predicted octanol–water partition coefficient (Wildman–Crippen LogP) is 1.20. The lowest BCUT2D eigenvalue weighted by Crippen LogP contribution is -2.29. The molecule has 1 atom stereocenters. The maximum Gasteiger partial charge on any atom is 0.179 e. The van der Waals surface area contributed by atoms with Crippen molar-refractivity contribution in [1.29, 1.82) is 0 Å². The molecule has 72 valence electrons. The van der Waals surface area contributed by atoms with E-state index in [9.17, 15) is 0 Å². The third kappa shape index (κ3) is 2.45. The summed E-state index contributed by atoms with van der Waals surface area (Å²) < 4.78 is 10.3. The summed E-state index contributed by atoms with van der Waals surface area (Å²) in [7, 11) is 0. The SMILES string of the molecule is c1nocc1OC1CCCCNC1. The van der Waals surface area contributed by atoms with Gasteiger partial charge in [-0.05, 0) is 25.8 Å². The monoisotopic (exact) mass is 182 g/mol. The number of ether oxygens (including phenoxy) is 1. The summed E-state index contributed by atoms with van der Waals surface area (Å²) in [4.78, 5) is 0. The normalized spacial score (nSPS) is 23.8. The number of nitrogens with zero attached hydrogens (tertiary/aromatic N) is 1. The Bertz CT molecular complexity index is 228. The summed E-state index contributed by atoms with van der Waals surface area (Å²) in [6.45, 7) is 2.02. The van der Waals surface area contributed by atoms with Crippen LogP contribution in [0.25, 0.3) is 0 Å². The molecule has 1 aromatic rings. The van der Waals surface area contributed by atoms with E-state index < -0.39 is 0 Å². The highest BCUT2D eigenvalue weighted by Crippen LogP contribution is 2.14. The second-order valence-electron chi connectivity index (χ2n) is 3.30. The maximum absolute atomic E-state index is 5.66. The molecule has 2 heterocycles. The molecule has 0 amide bonds. The summed E-state index contributed by atoms with van der Waals surface area (Å²) in [5, 5.41) is 6.92. The van der Waals surface area contributed by atoms with Crippen LogP contribution in [-0.4, -0.2) is 24.4 Å². The lowest BCUT2D eigenvalue weighted by atomic mass is 10.2. The molecule has 1 aromatic heterocycles. The van der Waals surface area contributed by atoms with Gasteiger partial charge in [-0.25, -0.2) is 0 Å². The van der Waals surface area contributed by atoms with E-state index in [-0.39, 0.29) is 6.10 Å². The van der Waals surface area contributed by atoms with E-state index in [0.29, 0.717) is 0 Å². The van der Waals surface area contributed by atoms with Gasteiger partial charge in [0.05, 0.1) is 0 Å². The smallest absolute Gasteiger partial charge is 0.179 e. The quantitative estimate of drug-likeness (QED) is 0.746. The molecule has 4 nitrogen and oxygen atoms in total. The molecule has 4 heteroatoms. The maximum atomic E-state index is 5.66. The van der Waals surface area contributed by atoms with Crippen molar-refractivity contribution in [3.8, 4) is 5.75 Å². The highest BCUT2D eigenvalue weighted by molar-refractivity contribution is 5.08. The Morgan fingerprint density at radius 1 is 1.54 bits per heavy atom. The van der Waals surface area contributed by atoms with E-state index in [1.807, 2.05) is 0 Å². The van der Waals surface area contributed by atoms with Crippen molar-refractivity contribution in [2.75, 3.05) is 13.1 Å². The molecule has 2 rings (SSSR count). The first-order chi connectivity index (χ1) is 6.45. The molecule has 0 aliphatic carbocycles. The Kier molecular flexibility index (Phi) is 2.82. The van der Waals surface area contributed by atoms with Crippen molar-refractivity contribution in [1.82, 2.24) is 10.5 Å². The van der Waals surface area contributed by atoms with Gasteiger partial charge < -0.3 is 14.6 Å². The molecular weight excluding hydrogens is 168 g/mol. The van der Waals surface area contributed by atoms with Crippen molar-refractivity contribution >= 4 is 0 Å². The molecule has 1 aliphatic heterocycles. The summed E-state index contributed by atoms with van der Waals surface area (Å²) >= 11 is 0. The first kappa shape index (κ1) is 8.56. The topological polar surface area (TPSA) is 47.3 Å². The molecule has 0 spiro atoms. The van der Waals surface area contributed by atoms with E-state index >= 15 is 0 Å². The first-order valence-corrected chi connectivity index (χ1v) is 4.72. The van der Waals surface area contributed by atoms with Crippen LogP contribution in [0.3, 0.4) is 0 Å². The predicted molar refractivity (Wildman–Crippen MR) is 47.6 cm³/mol. The van der Waals surface area contributed by atoms with Crippen LogP contribution in [0.2, 0.25) is 0 Å². The van der Waals surface area contributed by atoms with Gasteiger partial charge in [-0.3, -0.25) is 0 Å². The molecule has 0 bridgehead atoms. The zero-order valence-electron chi connectivity index (χ0n) is 7.53. The third-order valence-corrected chi connectivity index (χ3v) is 2.21. The number of aromatic nitrogens is 1. The van der Waals surface area contributed by atoms with E-state index in [1.165, 1.54) is 19.1 Å². The fourth-order valence-corrected chi connectivity index (χ4v) is 1.53. The Morgan fingerprint density at radius 3 is 3.38 bits per heavy atom. The molecule has 1 saturated heterocycles. The molecule has 13 heavy (non-hydrogen) atoms. The number of hydrogen-bond donors (Lipinski definition) is 1. The van der Waals surface area contributed by atoms with Crippen LogP contribution in [0.15, 0.2) is 17.0 Å². The first-order valence-electron chi connectivity index (χ1n) is 4.72. The van der Waals surface area contributed by atoms with E-state index in [4.69, 9.17) is 9.26 Å². The molecule has 0 saturated carbocycles. The van der Waals surface area contributed by atoms with E-state index in [2.05, 4.69) is 10.5 Å². The summed E-state index contributed by atoms with van der Waals surface area (Å²) in [5.74, 6) is 0.730. The van der Waals surface area contributed by atoms with Crippen LogP contribution in [0, 0.1) is 0 Å². The summed E-state index contributed by atoms with van der Waals surface area (Å²) in [5.41, 5.74) is 0. The molecule has 1 N–H and O–H groups in total. The van der Waals surface area contributed by atoms with Crippen LogP contribution >= 0.6 is 0 Å². The van der Waals surface area contributed by atoms with Gasteiger partial charge in [0, 0.05) is 6.54 Å². The number of rotatable bonds is 2. The molecule has 0 radical (unpaired) electrons. The van der Waals surface area contributed by atoms with Gasteiger partial charge in [0.1, 0.15) is 12.3 Å². The molecule has 1 unspecified atom stereocenters. The average molecular weight is 182 g/mol.